The first-order valence-corrected chi connectivity index (χ1v) is 8.51. The molecule has 0 heterocycles. The number of Topliss-reactive ketones (excluding diaryl/α,β-unsaturated/α-hetero) is 1. The molecule has 2 nitrogen and oxygen atoms in total. The van der Waals surface area contributed by atoms with Crippen LogP contribution >= 0.6 is 34.8 Å². The Bertz CT molecular complexity index is 766. The van der Waals surface area contributed by atoms with Crippen LogP contribution in [0.5, 0.6) is 0 Å². The summed E-state index contributed by atoms with van der Waals surface area (Å²) in [6.07, 6.45) is 0. The zero-order valence-corrected chi connectivity index (χ0v) is 15.8. The fourth-order valence-corrected chi connectivity index (χ4v) is 2.61. The number of carbonyl (C=O) groups is 2. The number of hydrogen-bond donors (Lipinski definition) is 0. The molecule has 0 aliphatic rings. The second-order valence-electron chi connectivity index (χ2n) is 6.53. The molecule has 2 aromatic carbocycles. The second-order valence-corrected chi connectivity index (χ2v) is 8.81. The number of alkyl halides is 3. The van der Waals surface area contributed by atoms with Crippen molar-refractivity contribution in [2.45, 2.75) is 30.0 Å². The number of benzene rings is 2. The molecule has 24 heavy (non-hydrogen) atoms. The molecule has 0 aromatic heterocycles. The first kappa shape index (κ1) is 19.0. The van der Waals surface area contributed by atoms with Crippen LogP contribution in [0.15, 0.2) is 48.5 Å². The van der Waals surface area contributed by atoms with E-state index >= 15 is 0 Å². The quantitative estimate of drug-likeness (QED) is 0.498. The van der Waals surface area contributed by atoms with Crippen molar-refractivity contribution in [3.63, 3.8) is 0 Å². The van der Waals surface area contributed by atoms with E-state index in [-0.39, 0.29) is 22.3 Å². The van der Waals surface area contributed by atoms with Gasteiger partial charge in [0.05, 0.1) is 0 Å². The van der Waals surface area contributed by atoms with E-state index in [1.54, 1.807) is 30.3 Å². The molecule has 0 bridgehead atoms. The molecule has 0 amide bonds. The molecular weight excluding hydrogens is 367 g/mol. The van der Waals surface area contributed by atoms with E-state index in [9.17, 15) is 9.59 Å². The fourth-order valence-electron chi connectivity index (χ4n) is 2.31. The Balaban J connectivity index is 2.43. The van der Waals surface area contributed by atoms with Crippen molar-refractivity contribution >= 4 is 46.4 Å². The van der Waals surface area contributed by atoms with Crippen molar-refractivity contribution in [3.8, 4) is 0 Å². The van der Waals surface area contributed by atoms with Crippen molar-refractivity contribution in [3.05, 3.63) is 70.8 Å². The Hall–Kier alpha value is -1.35. The molecule has 0 aliphatic heterocycles. The van der Waals surface area contributed by atoms with Crippen molar-refractivity contribution in [2.75, 3.05) is 0 Å². The lowest BCUT2D eigenvalue weighted by molar-refractivity contribution is 0.0978. The summed E-state index contributed by atoms with van der Waals surface area (Å²) in [6.45, 7) is 6.29. The third kappa shape index (κ3) is 4.18. The maximum absolute atomic E-state index is 12.8. The Morgan fingerprint density at radius 2 is 1.29 bits per heavy atom. The van der Waals surface area contributed by atoms with E-state index in [1.807, 2.05) is 12.1 Å². The van der Waals surface area contributed by atoms with Gasteiger partial charge in [0.15, 0.2) is 5.78 Å². The highest BCUT2D eigenvalue weighted by Gasteiger charge is 2.34. The summed E-state index contributed by atoms with van der Waals surface area (Å²) < 4.78 is -2.10. The minimum Gasteiger partial charge on any atom is -0.289 e. The van der Waals surface area contributed by atoms with Crippen LogP contribution in [0.4, 0.5) is 0 Å². The van der Waals surface area contributed by atoms with Gasteiger partial charge in [0, 0.05) is 16.7 Å². The van der Waals surface area contributed by atoms with E-state index in [4.69, 9.17) is 34.8 Å². The second kappa shape index (κ2) is 6.87. The number of rotatable bonds is 3. The monoisotopic (exact) mass is 382 g/mol. The molecular formula is C19H17Cl3O2. The predicted molar refractivity (Wildman–Crippen MR) is 99.6 cm³/mol. The number of halogens is 3. The summed E-state index contributed by atoms with van der Waals surface area (Å²) in [5, 5.41) is 0. The first-order valence-electron chi connectivity index (χ1n) is 7.37. The summed E-state index contributed by atoms with van der Waals surface area (Å²) >= 11 is 17.0. The van der Waals surface area contributed by atoms with Crippen LogP contribution in [0.2, 0.25) is 0 Å². The Morgan fingerprint density at radius 3 is 1.75 bits per heavy atom. The SMILES string of the molecule is CC(C)(C)c1ccc(C(=O)c2ccccc2C(=O)C(Cl)(Cl)Cl)cc1. The molecule has 126 valence electrons. The van der Waals surface area contributed by atoms with Gasteiger partial charge in [-0.2, -0.15) is 0 Å². The van der Waals surface area contributed by atoms with E-state index < -0.39 is 9.58 Å². The lowest BCUT2D eigenvalue weighted by atomic mass is 9.86. The maximum Gasteiger partial charge on any atom is 0.253 e. The van der Waals surface area contributed by atoms with Gasteiger partial charge >= 0.3 is 0 Å². The van der Waals surface area contributed by atoms with Gasteiger partial charge in [-0.3, -0.25) is 9.59 Å². The molecule has 0 aliphatic carbocycles. The van der Waals surface area contributed by atoms with Crippen LogP contribution < -0.4 is 0 Å². The Morgan fingerprint density at radius 1 is 0.792 bits per heavy atom. The highest BCUT2D eigenvalue weighted by molar-refractivity contribution is 6.77. The average Bonchev–Trinajstić information content (AvgIpc) is 2.52. The summed E-state index contributed by atoms with van der Waals surface area (Å²) in [5.74, 6) is -1.00. The standard InChI is InChI=1S/C19H17Cl3O2/c1-18(2,3)13-10-8-12(9-11-13)16(23)14-6-4-5-7-15(14)17(24)19(20,21)22/h4-11H,1-3H3. The molecule has 0 N–H and O–H groups in total. The van der Waals surface area contributed by atoms with E-state index in [2.05, 4.69) is 20.8 Å². The third-order valence-corrected chi connectivity index (χ3v) is 4.20. The topological polar surface area (TPSA) is 34.1 Å². The van der Waals surface area contributed by atoms with Gasteiger partial charge in [0.25, 0.3) is 3.79 Å². The molecule has 2 rings (SSSR count). The van der Waals surface area contributed by atoms with Crippen molar-refractivity contribution < 1.29 is 9.59 Å². The molecule has 0 unspecified atom stereocenters. The zero-order valence-electron chi connectivity index (χ0n) is 13.6. The Kier molecular flexibility index (Phi) is 5.44. The van der Waals surface area contributed by atoms with Gasteiger partial charge < -0.3 is 0 Å². The Labute approximate surface area is 156 Å². The minimum atomic E-state index is -2.10. The highest BCUT2D eigenvalue weighted by atomic mass is 35.6. The predicted octanol–water partition coefficient (Wildman–Crippen LogP) is 5.77. The van der Waals surface area contributed by atoms with Crippen molar-refractivity contribution in [1.82, 2.24) is 0 Å². The van der Waals surface area contributed by atoms with Gasteiger partial charge in [0.1, 0.15) is 0 Å². The van der Waals surface area contributed by atoms with E-state index in [0.29, 0.717) is 5.56 Å². The zero-order chi connectivity index (χ0) is 18.1. The summed E-state index contributed by atoms with van der Waals surface area (Å²) in [6, 6.07) is 13.7. The first-order chi connectivity index (χ1) is 11.0. The fraction of sp³-hybridized carbons (Fsp3) is 0.263. The average molecular weight is 384 g/mol. The normalized spacial score (nSPS) is 12.1. The van der Waals surface area contributed by atoms with Gasteiger partial charge in [-0.05, 0) is 11.0 Å². The van der Waals surface area contributed by atoms with E-state index in [1.165, 1.54) is 6.07 Å². The molecule has 0 saturated heterocycles. The molecule has 5 heteroatoms. The lowest BCUT2D eigenvalue weighted by Gasteiger charge is -2.19. The molecule has 0 radical (unpaired) electrons. The molecule has 2 aromatic rings. The number of ketones is 2. The smallest absolute Gasteiger partial charge is 0.253 e. The molecule has 0 fully saturated rings. The van der Waals surface area contributed by atoms with E-state index in [0.717, 1.165) is 5.56 Å². The third-order valence-electron chi connectivity index (χ3n) is 3.69. The van der Waals surface area contributed by atoms with Crippen LogP contribution in [0.3, 0.4) is 0 Å². The van der Waals surface area contributed by atoms with Crippen LogP contribution in [0, 0.1) is 0 Å². The summed E-state index contributed by atoms with van der Waals surface area (Å²) in [5.41, 5.74) is 1.90. The molecule has 0 atom stereocenters. The van der Waals surface area contributed by atoms with Gasteiger partial charge in [-0.15, -0.1) is 0 Å². The number of hydrogen-bond acceptors (Lipinski definition) is 2. The van der Waals surface area contributed by atoms with Crippen molar-refractivity contribution in [2.24, 2.45) is 0 Å². The number of carbonyl (C=O) groups excluding carboxylic acids is 2. The summed E-state index contributed by atoms with van der Waals surface area (Å²) in [4.78, 5) is 25.0. The van der Waals surface area contributed by atoms with Crippen molar-refractivity contribution in [1.29, 1.82) is 0 Å². The largest absolute Gasteiger partial charge is 0.289 e. The minimum absolute atomic E-state index is 0.00900. The molecule has 0 spiro atoms. The lowest BCUT2D eigenvalue weighted by Crippen LogP contribution is -2.22. The van der Waals surface area contributed by atoms with Gasteiger partial charge in [0.2, 0.25) is 5.78 Å². The summed E-state index contributed by atoms with van der Waals surface area (Å²) in [7, 11) is 0. The van der Waals surface area contributed by atoms with Crippen LogP contribution in [-0.2, 0) is 5.41 Å². The van der Waals surface area contributed by atoms with Crippen LogP contribution in [0.1, 0.15) is 52.6 Å². The van der Waals surface area contributed by atoms with Gasteiger partial charge in [-0.1, -0.05) is 104 Å². The van der Waals surface area contributed by atoms with Gasteiger partial charge in [-0.25, -0.2) is 0 Å². The van der Waals surface area contributed by atoms with Crippen LogP contribution in [-0.4, -0.2) is 15.4 Å². The molecule has 0 saturated carbocycles. The van der Waals surface area contributed by atoms with Crippen LogP contribution in [0.25, 0.3) is 0 Å². The maximum atomic E-state index is 12.8. The highest BCUT2D eigenvalue weighted by Crippen LogP contribution is 2.32.